The summed E-state index contributed by atoms with van der Waals surface area (Å²) in [4.78, 5) is 13.9. The molecule has 1 heterocycles. The number of benzene rings is 1. The quantitative estimate of drug-likeness (QED) is 0.613. The number of terminal acetylenes is 1. The highest BCUT2D eigenvalue weighted by atomic mass is 16.5. The van der Waals surface area contributed by atoms with Crippen LogP contribution in [0.25, 0.3) is 0 Å². The number of rotatable bonds is 5. The third-order valence-corrected chi connectivity index (χ3v) is 4.00. The van der Waals surface area contributed by atoms with E-state index in [2.05, 4.69) is 10.8 Å². The largest absolute Gasteiger partial charge is 0.493 e. The van der Waals surface area contributed by atoms with E-state index in [0.29, 0.717) is 18.0 Å². The van der Waals surface area contributed by atoms with Crippen LogP contribution in [0.5, 0.6) is 11.5 Å². The predicted octanol–water partition coefficient (Wildman–Crippen LogP) is 1.80. The fraction of sp³-hybridized carbons (Fsp3) is 0.471. The van der Waals surface area contributed by atoms with Crippen molar-refractivity contribution >= 4 is 5.97 Å². The van der Waals surface area contributed by atoms with Gasteiger partial charge in [-0.3, -0.25) is 9.69 Å². The van der Waals surface area contributed by atoms with Crippen LogP contribution in [0.2, 0.25) is 0 Å². The molecule has 0 spiro atoms. The molecule has 5 heteroatoms. The van der Waals surface area contributed by atoms with Gasteiger partial charge in [-0.25, -0.2) is 0 Å². The number of fused-ring (bicyclic) bond motifs is 1. The molecule has 1 aromatic rings. The van der Waals surface area contributed by atoms with Crippen molar-refractivity contribution in [1.29, 1.82) is 0 Å². The summed E-state index contributed by atoms with van der Waals surface area (Å²) in [7, 11) is 4.61. The van der Waals surface area contributed by atoms with E-state index in [0.717, 1.165) is 24.1 Å². The molecule has 118 valence electrons. The maximum absolute atomic E-state index is 11.8. The molecule has 0 amide bonds. The van der Waals surface area contributed by atoms with Crippen LogP contribution in [0.15, 0.2) is 12.1 Å². The second kappa shape index (κ2) is 7.19. The number of methoxy groups -OCH3 is 3. The summed E-state index contributed by atoms with van der Waals surface area (Å²) in [5.74, 6) is 3.75. The van der Waals surface area contributed by atoms with Crippen molar-refractivity contribution in [3.8, 4) is 23.8 Å². The lowest BCUT2D eigenvalue weighted by molar-refractivity contribution is -0.142. The first kappa shape index (κ1) is 16.2. The molecule has 0 aromatic heterocycles. The van der Waals surface area contributed by atoms with Gasteiger partial charge in [-0.05, 0) is 29.7 Å². The van der Waals surface area contributed by atoms with E-state index < -0.39 is 0 Å². The van der Waals surface area contributed by atoms with Gasteiger partial charge in [0.05, 0.1) is 34.3 Å². The van der Waals surface area contributed by atoms with Gasteiger partial charge in [0.1, 0.15) is 0 Å². The molecule has 0 saturated heterocycles. The average molecular weight is 303 g/mol. The number of nitrogens with zero attached hydrogens (tertiary/aromatic N) is 1. The zero-order valence-electron chi connectivity index (χ0n) is 13.2. The average Bonchev–Trinajstić information content (AvgIpc) is 2.55. The van der Waals surface area contributed by atoms with Crippen LogP contribution in [-0.4, -0.2) is 45.3 Å². The molecule has 0 fully saturated rings. The maximum atomic E-state index is 11.8. The minimum absolute atomic E-state index is 0.105. The molecule has 0 N–H and O–H groups in total. The van der Waals surface area contributed by atoms with Gasteiger partial charge in [0.25, 0.3) is 0 Å². The Hall–Kier alpha value is -2.19. The van der Waals surface area contributed by atoms with Crippen molar-refractivity contribution in [3.63, 3.8) is 0 Å². The second-order valence-corrected chi connectivity index (χ2v) is 5.13. The Labute approximate surface area is 131 Å². The maximum Gasteiger partial charge on any atom is 0.307 e. The number of hydrogen-bond donors (Lipinski definition) is 0. The molecule has 1 aromatic carbocycles. The Bertz CT molecular complexity index is 591. The molecule has 0 saturated carbocycles. The molecule has 1 atom stereocenters. The van der Waals surface area contributed by atoms with Crippen molar-refractivity contribution in [1.82, 2.24) is 4.90 Å². The van der Waals surface area contributed by atoms with Crippen LogP contribution in [0.1, 0.15) is 23.6 Å². The van der Waals surface area contributed by atoms with Gasteiger partial charge >= 0.3 is 5.97 Å². The van der Waals surface area contributed by atoms with Crippen molar-refractivity contribution < 1.29 is 19.0 Å². The molecule has 0 unspecified atom stereocenters. The molecule has 0 radical (unpaired) electrons. The van der Waals surface area contributed by atoms with Crippen LogP contribution >= 0.6 is 0 Å². The van der Waals surface area contributed by atoms with Gasteiger partial charge in [0.2, 0.25) is 0 Å². The van der Waals surface area contributed by atoms with Gasteiger partial charge in [-0.15, -0.1) is 6.42 Å². The van der Waals surface area contributed by atoms with Gasteiger partial charge < -0.3 is 14.2 Å². The minimum atomic E-state index is -0.255. The Kier molecular flexibility index (Phi) is 5.29. The van der Waals surface area contributed by atoms with Gasteiger partial charge in [-0.1, -0.05) is 5.92 Å². The number of hydrogen-bond acceptors (Lipinski definition) is 5. The molecule has 1 aliphatic heterocycles. The van der Waals surface area contributed by atoms with Crippen LogP contribution in [0, 0.1) is 12.3 Å². The summed E-state index contributed by atoms with van der Waals surface area (Å²) in [6.45, 7) is 1.30. The van der Waals surface area contributed by atoms with Crippen molar-refractivity contribution in [3.05, 3.63) is 23.3 Å². The summed E-state index contributed by atoms with van der Waals surface area (Å²) >= 11 is 0. The Morgan fingerprint density at radius 3 is 2.59 bits per heavy atom. The molecule has 1 aliphatic rings. The van der Waals surface area contributed by atoms with Gasteiger partial charge in [0, 0.05) is 12.6 Å². The summed E-state index contributed by atoms with van der Waals surface area (Å²) in [6, 6.07) is 3.81. The monoisotopic (exact) mass is 303 g/mol. The van der Waals surface area contributed by atoms with E-state index in [1.165, 1.54) is 7.11 Å². The molecular weight excluding hydrogens is 282 g/mol. The topological polar surface area (TPSA) is 48.0 Å². The molecular formula is C17H21NO4. The third-order valence-electron chi connectivity index (χ3n) is 4.00. The molecule has 0 aliphatic carbocycles. The zero-order valence-corrected chi connectivity index (χ0v) is 13.2. The minimum Gasteiger partial charge on any atom is -0.493 e. The Morgan fingerprint density at radius 1 is 1.32 bits per heavy atom. The molecule has 22 heavy (non-hydrogen) atoms. The summed E-state index contributed by atoms with van der Waals surface area (Å²) in [5.41, 5.74) is 2.20. The summed E-state index contributed by atoms with van der Waals surface area (Å²) < 4.78 is 15.6. The molecule has 0 bridgehead atoms. The highest BCUT2D eigenvalue weighted by molar-refractivity contribution is 5.70. The fourth-order valence-corrected chi connectivity index (χ4v) is 2.87. The van der Waals surface area contributed by atoms with Gasteiger partial charge in [-0.2, -0.15) is 0 Å². The lowest BCUT2D eigenvalue weighted by Gasteiger charge is -2.36. The summed E-state index contributed by atoms with van der Waals surface area (Å²) in [5, 5.41) is 0. The van der Waals surface area contributed by atoms with E-state index in [9.17, 15) is 4.79 Å². The molecule has 5 nitrogen and oxygen atoms in total. The number of ether oxygens (including phenoxy) is 3. The van der Waals surface area contributed by atoms with Gasteiger partial charge in [0.15, 0.2) is 11.5 Å². The van der Waals surface area contributed by atoms with Crippen molar-refractivity contribution in [2.24, 2.45) is 0 Å². The lowest BCUT2D eigenvalue weighted by atomic mass is 9.90. The Morgan fingerprint density at radius 2 is 2.00 bits per heavy atom. The standard InChI is InChI=1S/C17H21NO4/c1-5-7-18-8-6-12-9-15(20-2)16(21-3)10-13(12)14(18)11-17(19)22-4/h1,9-10,14H,6-8,11H2,2-4H3/t14-/m1/s1. The SMILES string of the molecule is C#CCN1CCc2cc(OC)c(OC)cc2[C@H]1CC(=O)OC. The van der Waals surface area contributed by atoms with Crippen molar-refractivity contribution in [2.45, 2.75) is 18.9 Å². The first-order chi connectivity index (χ1) is 10.6. The highest BCUT2D eigenvalue weighted by Crippen LogP contribution is 2.39. The second-order valence-electron chi connectivity index (χ2n) is 5.13. The van der Waals surface area contributed by atoms with E-state index in [1.54, 1.807) is 14.2 Å². The molecule has 2 rings (SSSR count). The van der Waals surface area contributed by atoms with Crippen LogP contribution in [-0.2, 0) is 16.0 Å². The van der Waals surface area contributed by atoms with E-state index in [4.69, 9.17) is 20.6 Å². The van der Waals surface area contributed by atoms with Crippen LogP contribution in [0.3, 0.4) is 0 Å². The lowest BCUT2D eigenvalue weighted by Crippen LogP contribution is -2.37. The Balaban J connectivity index is 2.44. The zero-order chi connectivity index (χ0) is 16.1. The first-order valence-electron chi connectivity index (χ1n) is 7.13. The van der Waals surface area contributed by atoms with Crippen LogP contribution in [0.4, 0.5) is 0 Å². The number of carbonyl (C=O) groups excluding carboxylic acids is 1. The summed E-state index contributed by atoms with van der Waals surface area (Å²) in [6.07, 6.45) is 6.57. The van der Waals surface area contributed by atoms with Crippen LogP contribution < -0.4 is 9.47 Å². The number of carbonyl (C=O) groups is 1. The predicted molar refractivity (Wildman–Crippen MR) is 83.0 cm³/mol. The normalized spacial score (nSPS) is 17.3. The number of esters is 1. The first-order valence-corrected chi connectivity index (χ1v) is 7.13. The van der Waals surface area contributed by atoms with E-state index in [1.807, 2.05) is 12.1 Å². The van der Waals surface area contributed by atoms with E-state index in [-0.39, 0.29) is 18.4 Å². The third kappa shape index (κ3) is 3.18. The smallest absolute Gasteiger partial charge is 0.307 e. The fourth-order valence-electron chi connectivity index (χ4n) is 2.87. The highest BCUT2D eigenvalue weighted by Gasteiger charge is 2.30. The van der Waals surface area contributed by atoms with E-state index >= 15 is 0 Å². The van der Waals surface area contributed by atoms with Crippen molar-refractivity contribution in [2.75, 3.05) is 34.4 Å².